The number of nitrogens with one attached hydrogen (secondary N) is 1. The number of hydrogen-bond acceptors (Lipinski definition) is 3. The van der Waals surface area contributed by atoms with E-state index in [1.165, 1.54) is 26.2 Å². The van der Waals surface area contributed by atoms with E-state index in [-0.39, 0.29) is 0 Å². The molecule has 0 saturated carbocycles. The van der Waals surface area contributed by atoms with Crippen molar-refractivity contribution in [3.8, 4) is 0 Å². The molecule has 0 spiro atoms. The molecule has 1 heterocycles. The number of rotatable bonds is 4. The Kier molecular flexibility index (Phi) is 4.11. The Balaban J connectivity index is 2.05. The van der Waals surface area contributed by atoms with Crippen molar-refractivity contribution in [1.82, 2.24) is 15.1 Å². The first-order valence-electron chi connectivity index (χ1n) is 4.58. The minimum absolute atomic E-state index is 1.02. The molecule has 12 heavy (non-hydrogen) atoms. The molecule has 0 amide bonds. The summed E-state index contributed by atoms with van der Waals surface area (Å²) in [5.74, 6) is 0. The summed E-state index contributed by atoms with van der Waals surface area (Å²) in [6.07, 6.45) is 1.76. The fraction of sp³-hybridized carbons (Fsp3) is 0.778. The van der Waals surface area contributed by atoms with Gasteiger partial charge in [0.05, 0.1) is 0 Å². The molecule has 1 rings (SSSR count). The molecule has 0 aromatic carbocycles. The van der Waals surface area contributed by atoms with Crippen LogP contribution in [0.3, 0.4) is 0 Å². The highest BCUT2D eigenvalue weighted by Gasteiger charge is 2.11. The van der Waals surface area contributed by atoms with Gasteiger partial charge in [-0.3, -0.25) is 4.90 Å². The van der Waals surface area contributed by atoms with E-state index < -0.39 is 0 Å². The summed E-state index contributed by atoms with van der Waals surface area (Å²) in [6.45, 7) is 10.6. The fourth-order valence-electron chi connectivity index (χ4n) is 1.40. The van der Waals surface area contributed by atoms with E-state index in [1.54, 1.807) is 6.20 Å². The number of hydrogen-bond donors (Lipinski definition) is 1. The lowest BCUT2D eigenvalue weighted by Gasteiger charge is -2.32. The zero-order valence-corrected chi connectivity index (χ0v) is 7.92. The van der Waals surface area contributed by atoms with E-state index in [4.69, 9.17) is 0 Å². The van der Waals surface area contributed by atoms with Crippen molar-refractivity contribution in [1.29, 1.82) is 0 Å². The summed E-state index contributed by atoms with van der Waals surface area (Å²) < 4.78 is 0. The first-order chi connectivity index (χ1) is 5.83. The molecule has 3 heteroatoms. The molecule has 0 unspecified atom stereocenters. The van der Waals surface area contributed by atoms with Crippen LogP contribution in [0.25, 0.3) is 0 Å². The molecule has 3 nitrogen and oxygen atoms in total. The topological polar surface area (TPSA) is 18.5 Å². The van der Waals surface area contributed by atoms with Crippen LogP contribution in [0, 0.1) is 0 Å². The summed E-state index contributed by atoms with van der Waals surface area (Å²) in [5.41, 5.74) is 0. The lowest BCUT2D eigenvalue weighted by molar-refractivity contribution is 0.156. The van der Waals surface area contributed by atoms with Crippen molar-refractivity contribution in [2.24, 2.45) is 0 Å². The summed E-state index contributed by atoms with van der Waals surface area (Å²) in [4.78, 5) is 4.86. The van der Waals surface area contributed by atoms with Gasteiger partial charge >= 0.3 is 0 Å². The third-order valence-corrected chi connectivity index (χ3v) is 2.31. The second kappa shape index (κ2) is 5.17. The van der Waals surface area contributed by atoms with Gasteiger partial charge in [0.15, 0.2) is 0 Å². The maximum absolute atomic E-state index is 3.62. The maximum Gasteiger partial charge on any atom is 0.0269 e. The van der Waals surface area contributed by atoms with Crippen molar-refractivity contribution in [2.75, 3.05) is 46.3 Å². The second-order valence-electron chi connectivity index (χ2n) is 3.30. The van der Waals surface area contributed by atoms with Crippen LogP contribution in [0.5, 0.6) is 0 Å². The fourth-order valence-corrected chi connectivity index (χ4v) is 1.40. The Labute approximate surface area is 75.0 Å². The SMILES string of the molecule is C=CNCCN1CCN(C)CC1. The molecular formula is C9H19N3. The van der Waals surface area contributed by atoms with Gasteiger partial charge in [-0.1, -0.05) is 6.58 Å². The van der Waals surface area contributed by atoms with Crippen molar-refractivity contribution >= 4 is 0 Å². The van der Waals surface area contributed by atoms with Gasteiger partial charge in [-0.15, -0.1) is 0 Å². The zero-order valence-electron chi connectivity index (χ0n) is 7.92. The van der Waals surface area contributed by atoms with Gasteiger partial charge in [0, 0.05) is 39.3 Å². The molecule has 0 bridgehead atoms. The summed E-state index contributed by atoms with van der Waals surface area (Å²) in [6, 6.07) is 0. The van der Waals surface area contributed by atoms with Crippen LogP contribution in [0.2, 0.25) is 0 Å². The summed E-state index contributed by atoms with van der Waals surface area (Å²) in [7, 11) is 2.18. The van der Waals surface area contributed by atoms with E-state index in [9.17, 15) is 0 Å². The van der Waals surface area contributed by atoms with Crippen LogP contribution >= 0.6 is 0 Å². The van der Waals surface area contributed by atoms with E-state index in [1.807, 2.05) is 0 Å². The van der Waals surface area contributed by atoms with E-state index in [0.29, 0.717) is 0 Å². The summed E-state index contributed by atoms with van der Waals surface area (Å²) in [5, 5.41) is 3.12. The van der Waals surface area contributed by atoms with Gasteiger partial charge < -0.3 is 10.2 Å². The minimum atomic E-state index is 1.02. The van der Waals surface area contributed by atoms with Crippen LogP contribution in [0.1, 0.15) is 0 Å². The Bertz CT molecular complexity index is 128. The van der Waals surface area contributed by atoms with Crippen LogP contribution in [-0.4, -0.2) is 56.1 Å². The summed E-state index contributed by atoms with van der Waals surface area (Å²) >= 11 is 0. The standard InChI is InChI=1S/C9H19N3/c1-3-10-4-5-12-8-6-11(2)7-9-12/h3,10H,1,4-9H2,2H3. The highest BCUT2D eigenvalue weighted by Crippen LogP contribution is 1.97. The Morgan fingerprint density at radius 2 is 2.00 bits per heavy atom. The van der Waals surface area contributed by atoms with Crippen LogP contribution in [-0.2, 0) is 0 Å². The normalized spacial score (nSPS) is 20.8. The molecule has 1 aliphatic rings. The average Bonchev–Trinajstić information content (AvgIpc) is 2.09. The van der Waals surface area contributed by atoms with Gasteiger partial charge in [-0.25, -0.2) is 0 Å². The molecule has 0 atom stereocenters. The van der Waals surface area contributed by atoms with Crippen LogP contribution in [0.4, 0.5) is 0 Å². The van der Waals surface area contributed by atoms with Gasteiger partial charge in [-0.05, 0) is 13.2 Å². The molecule has 1 fully saturated rings. The van der Waals surface area contributed by atoms with Crippen molar-refractivity contribution < 1.29 is 0 Å². The van der Waals surface area contributed by atoms with Gasteiger partial charge in [-0.2, -0.15) is 0 Å². The lowest BCUT2D eigenvalue weighted by Crippen LogP contribution is -2.46. The molecule has 1 N–H and O–H groups in total. The van der Waals surface area contributed by atoms with Gasteiger partial charge in [0.25, 0.3) is 0 Å². The van der Waals surface area contributed by atoms with Crippen molar-refractivity contribution in [2.45, 2.75) is 0 Å². The predicted octanol–water partition coefficient (Wildman–Crippen LogP) is -0.0331. The highest BCUT2D eigenvalue weighted by atomic mass is 15.2. The molecule has 70 valence electrons. The van der Waals surface area contributed by atoms with Gasteiger partial charge in [0.2, 0.25) is 0 Å². The Morgan fingerprint density at radius 1 is 1.33 bits per heavy atom. The van der Waals surface area contributed by atoms with E-state index >= 15 is 0 Å². The number of piperazine rings is 1. The number of nitrogens with zero attached hydrogens (tertiary/aromatic N) is 2. The zero-order chi connectivity index (χ0) is 8.81. The van der Waals surface area contributed by atoms with E-state index in [0.717, 1.165) is 13.1 Å². The minimum Gasteiger partial charge on any atom is -0.390 e. The molecule has 1 saturated heterocycles. The first-order valence-corrected chi connectivity index (χ1v) is 4.58. The van der Waals surface area contributed by atoms with E-state index in [2.05, 4.69) is 28.7 Å². The molecule has 0 radical (unpaired) electrons. The average molecular weight is 169 g/mol. The quantitative estimate of drug-likeness (QED) is 0.596. The largest absolute Gasteiger partial charge is 0.390 e. The maximum atomic E-state index is 3.62. The molecule has 0 aromatic rings. The second-order valence-corrected chi connectivity index (χ2v) is 3.30. The highest BCUT2D eigenvalue weighted by molar-refractivity contribution is 4.71. The molecule has 0 aromatic heterocycles. The third-order valence-electron chi connectivity index (χ3n) is 2.31. The van der Waals surface area contributed by atoms with Gasteiger partial charge in [0.1, 0.15) is 0 Å². The van der Waals surface area contributed by atoms with Crippen LogP contribution in [0.15, 0.2) is 12.8 Å². The molecular weight excluding hydrogens is 150 g/mol. The Morgan fingerprint density at radius 3 is 2.58 bits per heavy atom. The Hall–Kier alpha value is -0.540. The molecule has 1 aliphatic heterocycles. The van der Waals surface area contributed by atoms with Crippen molar-refractivity contribution in [3.05, 3.63) is 12.8 Å². The first kappa shape index (κ1) is 9.55. The third kappa shape index (κ3) is 3.24. The number of likely N-dealkylation sites (N-methyl/N-ethyl adjacent to an activating group) is 1. The lowest BCUT2D eigenvalue weighted by atomic mass is 10.3. The monoisotopic (exact) mass is 169 g/mol. The smallest absolute Gasteiger partial charge is 0.0269 e. The molecule has 0 aliphatic carbocycles. The van der Waals surface area contributed by atoms with Crippen molar-refractivity contribution in [3.63, 3.8) is 0 Å². The predicted molar refractivity (Wildman–Crippen MR) is 52.1 cm³/mol. The van der Waals surface area contributed by atoms with Crippen LogP contribution < -0.4 is 5.32 Å².